The summed E-state index contributed by atoms with van der Waals surface area (Å²) in [4.78, 5) is 0. The maximum absolute atomic E-state index is 5.82. The van der Waals surface area contributed by atoms with Gasteiger partial charge in [0, 0.05) is 20.0 Å². The van der Waals surface area contributed by atoms with Gasteiger partial charge in [-0.15, -0.1) is 0 Å². The van der Waals surface area contributed by atoms with Crippen LogP contribution in [-0.4, -0.2) is 14.1 Å². The molecule has 0 aromatic heterocycles. The molecule has 0 bridgehead atoms. The Labute approximate surface area is 149 Å². The smallest absolute Gasteiger partial charge is 0.0514 e. The number of rotatable bonds is 5. The largest absolute Gasteiger partial charge is 0.314 e. The van der Waals surface area contributed by atoms with Gasteiger partial charge in [-0.3, -0.25) is 0 Å². The summed E-state index contributed by atoms with van der Waals surface area (Å²) in [5.74, 6) is 11.8. The van der Waals surface area contributed by atoms with Crippen molar-refractivity contribution in [2.75, 3.05) is 24.1 Å². The van der Waals surface area contributed by atoms with Crippen LogP contribution in [0.4, 0.5) is 11.4 Å². The van der Waals surface area contributed by atoms with Crippen LogP contribution >= 0.6 is 0 Å². The summed E-state index contributed by atoms with van der Waals surface area (Å²) in [6.07, 6.45) is 0. The highest BCUT2D eigenvalue weighted by Gasteiger charge is 2.17. The van der Waals surface area contributed by atoms with E-state index in [1.807, 2.05) is 44.4 Å². The Kier molecular flexibility index (Phi) is 5.03. The number of nitrogens with two attached hydrogens (primary N) is 2. The second-order valence-electron chi connectivity index (χ2n) is 6.25. The highest BCUT2D eigenvalue weighted by Crippen LogP contribution is 2.33. The van der Waals surface area contributed by atoms with Gasteiger partial charge in [0.05, 0.1) is 11.4 Å². The molecule has 0 aliphatic heterocycles. The SMILES string of the molecule is CN(N)c1ccc(C(c2ccccc2)c2ccc(N(C)N)cc2)cc1. The minimum atomic E-state index is 0.162. The summed E-state index contributed by atoms with van der Waals surface area (Å²) in [5, 5.41) is 3.24. The van der Waals surface area contributed by atoms with Gasteiger partial charge < -0.3 is 10.0 Å². The number of hydrogen-bond donors (Lipinski definition) is 2. The fourth-order valence-electron chi connectivity index (χ4n) is 3.03. The van der Waals surface area contributed by atoms with Gasteiger partial charge >= 0.3 is 0 Å². The topological polar surface area (TPSA) is 58.5 Å². The molecule has 3 aromatic rings. The van der Waals surface area contributed by atoms with Crippen LogP contribution < -0.4 is 21.7 Å². The normalized spacial score (nSPS) is 10.8. The fourth-order valence-corrected chi connectivity index (χ4v) is 3.03. The quantitative estimate of drug-likeness (QED) is 0.427. The van der Waals surface area contributed by atoms with E-state index < -0.39 is 0 Å². The lowest BCUT2D eigenvalue weighted by molar-refractivity contribution is 0.963. The Morgan fingerprint density at radius 3 is 1.28 bits per heavy atom. The molecular formula is C21H24N4. The zero-order valence-corrected chi connectivity index (χ0v) is 14.6. The molecule has 3 aromatic carbocycles. The number of hydrogen-bond acceptors (Lipinski definition) is 4. The number of benzene rings is 3. The molecule has 0 heterocycles. The zero-order chi connectivity index (χ0) is 17.8. The number of anilines is 2. The van der Waals surface area contributed by atoms with E-state index in [-0.39, 0.29) is 5.92 Å². The van der Waals surface area contributed by atoms with Gasteiger partial charge in [0.1, 0.15) is 0 Å². The lowest BCUT2D eigenvalue weighted by atomic mass is 9.85. The van der Waals surface area contributed by atoms with E-state index in [0.29, 0.717) is 0 Å². The lowest BCUT2D eigenvalue weighted by Gasteiger charge is -2.21. The molecule has 0 radical (unpaired) electrons. The highest BCUT2D eigenvalue weighted by atomic mass is 15.4. The van der Waals surface area contributed by atoms with E-state index in [2.05, 4.69) is 48.5 Å². The average Bonchev–Trinajstić information content (AvgIpc) is 2.64. The van der Waals surface area contributed by atoms with Crippen molar-refractivity contribution in [2.24, 2.45) is 11.7 Å². The molecule has 128 valence electrons. The minimum Gasteiger partial charge on any atom is -0.314 e. The predicted octanol–water partition coefficient (Wildman–Crippen LogP) is 3.49. The van der Waals surface area contributed by atoms with Gasteiger partial charge in [0.25, 0.3) is 0 Å². The monoisotopic (exact) mass is 332 g/mol. The summed E-state index contributed by atoms with van der Waals surface area (Å²) in [6.45, 7) is 0. The molecule has 4 N–H and O–H groups in total. The standard InChI is InChI=1S/C21H24N4/c1-24(22)19-12-8-17(9-13-19)21(16-6-4-3-5-7-16)18-10-14-20(15-11-18)25(2)23/h3-15,21H,22-23H2,1-2H3. The van der Waals surface area contributed by atoms with E-state index in [1.54, 1.807) is 10.0 Å². The van der Waals surface area contributed by atoms with E-state index >= 15 is 0 Å². The van der Waals surface area contributed by atoms with Crippen molar-refractivity contribution in [3.8, 4) is 0 Å². The predicted molar refractivity (Wildman–Crippen MR) is 105 cm³/mol. The highest BCUT2D eigenvalue weighted by molar-refractivity contribution is 5.52. The first-order chi connectivity index (χ1) is 12.1. The van der Waals surface area contributed by atoms with Crippen molar-refractivity contribution >= 4 is 11.4 Å². The maximum atomic E-state index is 5.82. The fraction of sp³-hybridized carbons (Fsp3) is 0.143. The van der Waals surface area contributed by atoms with Crippen LogP contribution in [0.15, 0.2) is 78.9 Å². The van der Waals surface area contributed by atoms with Gasteiger partial charge in [0.15, 0.2) is 0 Å². The van der Waals surface area contributed by atoms with Crippen molar-refractivity contribution in [3.05, 3.63) is 95.6 Å². The molecule has 0 fully saturated rings. The van der Waals surface area contributed by atoms with Crippen LogP contribution in [0.3, 0.4) is 0 Å². The Bertz CT molecular complexity index is 742. The summed E-state index contributed by atoms with van der Waals surface area (Å²) >= 11 is 0. The van der Waals surface area contributed by atoms with Gasteiger partial charge in [0.2, 0.25) is 0 Å². The number of nitrogens with zero attached hydrogens (tertiary/aromatic N) is 2. The van der Waals surface area contributed by atoms with E-state index in [4.69, 9.17) is 11.7 Å². The first kappa shape index (κ1) is 17.0. The van der Waals surface area contributed by atoms with Crippen LogP contribution in [0.1, 0.15) is 22.6 Å². The first-order valence-electron chi connectivity index (χ1n) is 8.28. The summed E-state index contributed by atoms with van der Waals surface area (Å²) in [7, 11) is 3.68. The molecule has 0 aliphatic carbocycles. The summed E-state index contributed by atoms with van der Waals surface area (Å²) in [5.41, 5.74) is 5.67. The molecule has 0 spiro atoms. The molecule has 0 saturated heterocycles. The summed E-state index contributed by atoms with van der Waals surface area (Å²) < 4.78 is 0. The van der Waals surface area contributed by atoms with Gasteiger partial charge in [-0.1, -0.05) is 54.6 Å². The molecule has 0 atom stereocenters. The van der Waals surface area contributed by atoms with Crippen molar-refractivity contribution in [1.82, 2.24) is 0 Å². The third-order valence-corrected chi connectivity index (χ3v) is 4.40. The van der Waals surface area contributed by atoms with Crippen molar-refractivity contribution in [3.63, 3.8) is 0 Å². The van der Waals surface area contributed by atoms with Crippen LogP contribution in [0.2, 0.25) is 0 Å². The number of hydrazine groups is 2. The van der Waals surface area contributed by atoms with Gasteiger partial charge in [-0.2, -0.15) is 0 Å². The molecule has 0 aliphatic rings. The van der Waals surface area contributed by atoms with E-state index in [1.165, 1.54) is 16.7 Å². The third kappa shape index (κ3) is 3.82. The second-order valence-corrected chi connectivity index (χ2v) is 6.25. The molecule has 3 rings (SSSR count). The Morgan fingerprint density at radius 1 is 0.560 bits per heavy atom. The zero-order valence-electron chi connectivity index (χ0n) is 14.6. The molecule has 0 amide bonds. The Balaban J connectivity index is 2.04. The van der Waals surface area contributed by atoms with Crippen molar-refractivity contribution in [1.29, 1.82) is 0 Å². The van der Waals surface area contributed by atoms with Crippen LogP contribution in [-0.2, 0) is 0 Å². The van der Waals surface area contributed by atoms with Crippen molar-refractivity contribution in [2.45, 2.75) is 5.92 Å². The first-order valence-corrected chi connectivity index (χ1v) is 8.28. The Hall–Kier alpha value is -2.82. The molecule has 0 saturated carbocycles. The van der Waals surface area contributed by atoms with E-state index in [9.17, 15) is 0 Å². The lowest BCUT2D eigenvalue weighted by Crippen LogP contribution is -2.25. The Morgan fingerprint density at radius 2 is 0.920 bits per heavy atom. The molecule has 4 nitrogen and oxygen atoms in total. The second kappa shape index (κ2) is 7.38. The van der Waals surface area contributed by atoms with E-state index in [0.717, 1.165) is 11.4 Å². The average molecular weight is 332 g/mol. The molecular weight excluding hydrogens is 308 g/mol. The van der Waals surface area contributed by atoms with Gasteiger partial charge in [-0.25, -0.2) is 11.7 Å². The van der Waals surface area contributed by atoms with Crippen LogP contribution in [0.25, 0.3) is 0 Å². The third-order valence-electron chi connectivity index (χ3n) is 4.40. The van der Waals surface area contributed by atoms with Crippen LogP contribution in [0.5, 0.6) is 0 Å². The van der Waals surface area contributed by atoms with Crippen LogP contribution in [0, 0.1) is 0 Å². The molecule has 25 heavy (non-hydrogen) atoms. The molecule has 0 unspecified atom stereocenters. The minimum absolute atomic E-state index is 0.162. The maximum Gasteiger partial charge on any atom is 0.0514 e. The molecule has 4 heteroatoms. The summed E-state index contributed by atoms with van der Waals surface area (Å²) in [6, 6.07) is 27.3. The van der Waals surface area contributed by atoms with Crippen molar-refractivity contribution < 1.29 is 0 Å². The van der Waals surface area contributed by atoms with Gasteiger partial charge in [-0.05, 0) is 41.0 Å².